The van der Waals surface area contributed by atoms with Gasteiger partial charge in [0.05, 0.1) is 7.11 Å². The summed E-state index contributed by atoms with van der Waals surface area (Å²) in [6.45, 7) is 1.97. The number of rotatable bonds is 2. The van der Waals surface area contributed by atoms with Crippen LogP contribution in [-0.4, -0.2) is 27.7 Å². The molecule has 0 amide bonds. The smallest absolute Gasteiger partial charge is 0.319 e. The Morgan fingerprint density at radius 2 is 2.22 bits per heavy atom. The highest BCUT2D eigenvalue weighted by Crippen LogP contribution is 2.43. The molecule has 1 saturated carbocycles. The molecule has 0 unspecified atom stereocenters. The molecule has 2 heterocycles. The van der Waals surface area contributed by atoms with Crippen molar-refractivity contribution < 1.29 is 9.53 Å². The first-order valence-corrected chi connectivity index (χ1v) is 6.09. The minimum absolute atomic E-state index is 0.220. The van der Waals surface area contributed by atoms with E-state index in [1.807, 2.05) is 25.1 Å². The van der Waals surface area contributed by atoms with E-state index in [-0.39, 0.29) is 5.97 Å². The molecule has 2 aromatic heterocycles. The fourth-order valence-electron chi connectivity index (χ4n) is 2.48. The number of pyridine rings is 1. The zero-order chi connectivity index (χ0) is 12.8. The molecule has 0 N–H and O–H groups in total. The third-order valence-corrected chi connectivity index (χ3v) is 3.76. The molecule has 0 aromatic carbocycles. The Kier molecular flexibility index (Phi) is 2.36. The van der Waals surface area contributed by atoms with Gasteiger partial charge in [0.25, 0.3) is 0 Å². The van der Waals surface area contributed by atoms with Crippen LogP contribution in [0.1, 0.15) is 30.8 Å². The van der Waals surface area contributed by atoms with Crippen LogP contribution < -0.4 is 0 Å². The van der Waals surface area contributed by atoms with Crippen LogP contribution in [0.25, 0.3) is 5.65 Å². The van der Waals surface area contributed by atoms with E-state index >= 15 is 0 Å². The van der Waals surface area contributed by atoms with Crippen LogP contribution in [0.2, 0.25) is 0 Å². The highest BCUT2D eigenvalue weighted by molar-refractivity contribution is 5.83. The van der Waals surface area contributed by atoms with Crippen molar-refractivity contribution in [3.63, 3.8) is 0 Å². The molecule has 94 valence electrons. The second-order valence-corrected chi connectivity index (χ2v) is 4.80. The first kappa shape index (κ1) is 11.2. The quantitative estimate of drug-likeness (QED) is 0.755. The summed E-state index contributed by atoms with van der Waals surface area (Å²) in [5.74, 6) is 0.372. The SMILES string of the molecule is COC(=O)C1(c2nc3cccc(C)n3n2)CCC1. The zero-order valence-corrected chi connectivity index (χ0v) is 10.5. The maximum Gasteiger partial charge on any atom is 0.319 e. The van der Waals surface area contributed by atoms with E-state index < -0.39 is 5.41 Å². The van der Waals surface area contributed by atoms with Crippen LogP contribution in [0.3, 0.4) is 0 Å². The Balaban J connectivity index is 2.14. The highest BCUT2D eigenvalue weighted by Gasteiger charge is 2.50. The van der Waals surface area contributed by atoms with Gasteiger partial charge in [-0.05, 0) is 31.9 Å². The number of ether oxygens (including phenoxy) is 1. The number of carbonyl (C=O) groups is 1. The van der Waals surface area contributed by atoms with Crippen molar-refractivity contribution in [2.45, 2.75) is 31.6 Å². The minimum Gasteiger partial charge on any atom is -0.468 e. The summed E-state index contributed by atoms with van der Waals surface area (Å²) in [6, 6.07) is 5.80. The maximum absolute atomic E-state index is 12.0. The molecule has 0 radical (unpaired) electrons. The van der Waals surface area contributed by atoms with Gasteiger partial charge >= 0.3 is 5.97 Å². The zero-order valence-electron chi connectivity index (χ0n) is 10.5. The monoisotopic (exact) mass is 245 g/mol. The van der Waals surface area contributed by atoms with E-state index in [0.717, 1.165) is 30.6 Å². The number of esters is 1. The van der Waals surface area contributed by atoms with Crippen molar-refractivity contribution in [1.82, 2.24) is 14.6 Å². The normalized spacial score (nSPS) is 17.4. The lowest BCUT2D eigenvalue weighted by molar-refractivity contribution is -0.151. The van der Waals surface area contributed by atoms with Gasteiger partial charge in [0, 0.05) is 5.69 Å². The molecular weight excluding hydrogens is 230 g/mol. The van der Waals surface area contributed by atoms with Gasteiger partial charge in [-0.1, -0.05) is 12.5 Å². The van der Waals surface area contributed by atoms with Crippen LogP contribution in [-0.2, 0) is 14.9 Å². The molecule has 0 atom stereocenters. The van der Waals surface area contributed by atoms with E-state index in [2.05, 4.69) is 10.1 Å². The number of carbonyl (C=O) groups excluding carboxylic acids is 1. The van der Waals surface area contributed by atoms with E-state index in [1.54, 1.807) is 4.52 Å². The number of hydrogen-bond donors (Lipinski definition) is 0. The van der Waals surface area contributed by atoms with E-state index in [4.69, 9.17) is 4.74 Å². The van der Waals surface area contributed by atoms with Crippen LogP contribution >= 0.6 is 0 Å². The van der Waals surface area contributed by atoms with Crippen molar-refractivity contribution in [2.24, 2.45) is 0 Å². The van der Waals surface area contributed by atoms with E-state index in [0.29, 0.717) is 5.82 Å². The van der Waals surface area contributed by atoms with Crippen LogP contribution in [0, 0.1) is 6.92 Å². The van der Waals surface area contributed by atoms with Gasteiger partial charge in [-0.15, -0.1) is 5.10 Å². The summed E-state index contributed by atoms with van der Waals surface area (Å²) in [5.41, 5.74) is 1.17. The van der Waals surface area contributed by atoms with Crippen molar-refractivity contribution in [2.75, 3.05) is 7.11 Å². The van der Waals surface area contributed by atoms with Crippen molar-refractivity contribution in [3.05, 3.63) is 29.7 Å². The third-order valence-electron chi connectivity index (χ3n) is 3.76. The van der Waals surface area contributed by atoms with Gasteiger partial charge in [-0.25, -0.2) is 9.50 Å². The molecule has 0 bridgehead atoms. The molecule has 1 aliphatic rings. The summed E-state index contributed by atoms with van der Waals surface area (Å²) in [5, 5.41) is 4.48. The van der Waals surface area contributed by atoms with Gasteiger partial charge in [-0.3, -0.25) is 4.79 Å². The first-order chi connectivity index (χ1) is 8.67. The lowest BCUT2D eigenvalue weighted by Crippen LogP contribution is -2.44. The average molecular weight is 245 g/mol. The lowest BCUT2D eigenvalue weighted by Gasteiger charge is -2.35. The van der Waals surface area contributed by atoms with E-state index in [9.17, 15) is 4.79 Å². The van der Waals surface area contributed by atoms with Crippen molar-refractivity contribution in [1.29, 1.82) is 0 Å². The maximum atomic E-state index is 12.0. The Labute approximate surface area is 105 Å². The molecule has 5 nitrogen and oxygen atoms in total. The standard InChI is InChI=1S/C13H15N3O2/c1-9-5-3-6-10-14-11(15-16(9)10)13(7-4-8-13)12(17)18-2/h3,5-6H,4,7-8H2,1-2H3. The Hall–Kier alpha value is -1.91. The van der Waals surface area contributed by atoms with Crippen LogP contribution in [0.15, 0.2) is 18.2 Å². The van der Waals surface area contributed by atoms with Gasteiger partial charge in [0.1, 0.15) is 5.41 Å². The Morgan fingerprint density at radius 3 is 2.78 bits per heavy atom. The number of methoxy groups -OCH3 is 1. The molecule has 0 aliphatic heterocycles. The minimum atomic E-state index is -0.618. The molecule has 5 heteroatoms. The predicted octanol–water partition coefficient (Wildman–Crippen LogP) is 1.63. The van der Waals surface area contributed by atoms with Crippen molar-refractivity contribution in [3.8, 4) is 0 Å². The second kappa shape index (κ2) is 3.80. The second-order valence-electron chi connectivity index (χ2n) is 4.80. The number of nitrogens with zero attached hydrogens (tertiary/aromatic N) is 3. The van der Waals surface area contributed by atoms with Crippen molar-refractivity contribution >= 4 is 11.6 Å². The summed E-state index contributed by atoms with van der Waals surface area (Å²) in [7, 11) is 1.42. The molecule has 0 saturated heterocycles. The highest BCUT2D eigenvalue weighted by atomic mass is 16.5. The van der Waals surface area contributed by atoms with Crippen LogP contribution in [0.4, 0.5) is 0 Å². The summed E-state index contributed by atoms with van der Waals surface area (Å²) in [4.78, 5) is 16.5. The number of hydrogen-bond acceptors (Lipinski definition) is 4. The summed E-state index contributed by atoms with van der Waals surface area (Å²) in [6.07, 6.45) is 2.56. The number of aryl methyl sites for hydroxylation is 1. The molecule has 0 spiro atoms. The molecular formula is C13H15N3O2. The molecule has 1 fully saturated rings. The summed E-state index contributed by atoms with van der Waals surface area (Å²) >= 11 is 0. The Bertz CT molecular complexity index is 614. The van der Waals surface area contributed by atoms with Gasteiger partial charge in [-0.2, -0.15) is 0 Å². The fourth-order valence-corrected chi connectivity index (χ4v) is 2.48. The molecule has 2 aromatic rings. The molecule has 1 aliphatic carbocycles. The van der Waals surface area contributed by atoms with Gasteiger partial charge < -0.3 is 4.74 Å². The Morgan fingerprint density at radius 1 is 1.44 bits per heavy atom. The van der Waals surface area contributed by atoms with Gasteiger partial charge in [0.2, 0.25) is 0 Å². The number of aromatic nitrogens is 3. The average Bonchev–Trinajstić information content (AvgIpc) is 2.73. The molecule has 18 heavy (non-hydrogen) atoms. The molecule has 3 rings (SSSR count). The van der Waals surface area contributed by atoms with E-state index in [1.165, 1.54) is 7.11 Å². The largest absolute Gasteiger partial charge is 0.468 e. The third kappa shape index (κ3) is 1.36. The number of fused-ring (bicyclic) bond motifs is 1. The van der Waals surface area contributed by atoms with Crippen LogP contribution in [0.5, 0.6) is 0 Å². The topological polar surface area (TPSA) is 56.5 Å². The fraction of sp³-hybridized carbons (Fsp3) is 0.462. The first-order valence-electron chi connectivity index (χ1n) is 6.09. The lowest BCUT2D eigenvalue weighted by atomic mass is 9.68. The summed E-state index contributed by atoms with van der Waals surface area (Å²) < 4.78 is 6.69. The predicted molar refractivity (Wildman–Crippen MR) is 65.3 cm³/mol. The van der Waals surface area contributed by atoms with Gasteiger partial charge in [0.15, 0.2) is 11.5 Å².